The summed E-state index contributed by atoms with van der Waals surface area (Å²) >= 11 is 0. The Kier molecular flexibility index (Phi) is 6.56. The number of carbonyl (C=O) groups is 3. The normalized spacial score (nSPS) is 11.6. The van der Waals surface area contributed by atoms with Crippen LogP contribution in [0.3, 0.4) is 0 Å². The Morgan fingerprint density at radius 2 is 1.95 bits per heavy atom. The number of carboxylic acids is 1. The first-order valence-corrected chi connectivity index (χ1v) is 7.27. The van der Waals surface area contributed by atoms with Gasteiger partial charge in [-0.25, -0.2) is 4.79 Å². The van der Waals surface area contributed by atoms with Crippen LogP contribution in [0.1, 0.15) is 49.0 Å². The van der Waals surface area contributed by atoms with Gasteiger partial charge in [0.05, 0.1) is 0 Å². The third-order valence-electron chi connectivity index (χ3n) is 3.26. The number of anilines is 1. The van der Waals surface area contributed by atoms with Crippen molar-refractivity contribution < 1.29 is 19.5 Å². The van der Waals surface area contributed by atoms with Crippen LogP contribution in [0.15, 0.2) is 18.2 Å². The molecular formula is C16H22N2O4. The Balaban J connectivity index is 2.87. The number of hydrogen-bond acceptors (Lipinski definition) is 3. The van der Waals surface area contributed by atoms with Crippen molar-refractivity contribution in [3.63, 3.8) is 0 Å². The van der Waals surface area contributed by atoms with Gasteiger partial charge in [-0.1, -0.05) is 25.8 Å². The van der Waals surface area contributed by atoms with Gasteiger partial charge < -0.3 is 15.7 Å². The van der Waals surface area contributed by atoms with E-state index in [2.05, 4.69) is 10.6 Å². The third-order valence-corrected chi connectivity index (χ3v) is 3.26. The molecule has 0 spiro atoms. The van der Waals surface area contributed by atoms with Gasteiger partial charge in [-0.05, 0) is 31.0 Å². The molecular weight excluding hydrogens is 284 g/mol. The number of aliphatic carboxylic acids is 1. The number of nitrogens with one attached hydrogen (secondary N) is 2. The van der Waals surface area contributed by atoms with Gasteiger partial charge >= 0.3 is 5.97 Å². The summed E-state index contributed by atoms with van der Waals surface area (Å²) in [7, 11) is 0. The molecule has 1 aromatic carbocycles. The van der Waals surface area contributed by atoms with Gasteiger partial charge in [0.2, 0.25) is 5.91 Å². The molecule has 0 saturated heterocycles. The van der Waals surface area contributed by atoms with Crippen molar-refractivity contribution >= 4 is 23.5 Å². The fourth-order valence-corrected chi connectivity index (χ4v) is 1.99. The zero-order valence-corrected chi connectivity index (χ0v) is 13.1. The van der Waals surface area contributed by atoms with E-state index >= 15 is 0 Å². The molecule has 1 atom stereocenters. The zero-order chi connectivity index (χ0) is 16.7. The third kappa shape index (κ3) is 5.20. The molecule has 0 aliphatic rings. The number of carboxylic acid groups (broad SMARTS) is 1. The lowest BCUT2D eigenvalue weighted by Gasteiger charge is -2.15. The second-order valence-electron chi connectivity index (χ2n) is 5.22. The molecule has 0 fully saturated rings. The van der Waals surface area contributed by atoms with Crippen LogP contribution in [0.4, 0.5) is 5.69 Å². The maximum absolute atomic E-state index is 12.2. The van der Waals surface area contributed by atoms with Crippen LogP contribution >= 0.6 is 0 Å². The lowest BCUT2D eigenvalue weighted by molar-refractivity contribution is -0.139. The smallest absolute Gasteiger partial charge is 0.326 e. The molecule has 22 heavy (non-hydrogen) atoms. The maximum Gasteiger partial charge on any atom is 0.326 e. The minimum Gasteiger partial charge on any atom is -0.480 e. The van der Waals surface area contributed by atoms with Crippen molar-refractivity contribution in [3.8, 4) is 0 Å². The van der Waals surface area contributed by atoms with E-state index in [1.165, 1.54) is 6.92 Å². The number of benzene rings is 1. The van der Waals surface area contributed by atoms with Crippen molar-refractivity contribution in [2.75, 3.05) is 5.32 Å². The van der Waals surface area contributed by atoms with Crippen molar-refractivity contribution in [2.24, 2.45) is 0 Å². The standard InChI is InChI=1S/C16H22N2O4/c1-4-5-6-13(16(21)22)18-15(20)12-8-7-10(2)14(9-12)17-11(3)19/h7-9,13H,4-6H2,1-3H3,(H,17,19)(H,18,20)(H,21,22). The molecule has 0 radical (unpaired) electrons. The Hall–Kier alpha value is -2.37. The van der Waals surface area contributed by atoms with Crippen molar-refractivity contribution in [1.29, 1.82) is 0 Å². The van der Waals surface area contributed by atoms with Gasteiger partial charge in [-0.15, -0.1) is 0 Å². The Morgan fingerprint density at radius 1 is 1.27 bits per heavy atom. The van der Waals surface area contributed by atoms with E-state index in [4.69, 9.17) is 5.11 Å². The Morgan fingerprint density at radius 3 is 2.50 bits per heavy atom. The molecule has 1 unspecified atom stereocenters. The highest BCUT2D eigenvalue weighted by atomic mass is 16.4. The fourth-order valence-electron chi connectivity index (χ4n) is 1.99. The van der Waals surface area contributed by atoms with Crippen LogP contribution in [0.25, 0.3) is 0 Å². The minimum absolute atomic E-state index is 0.230. The molecule has 120 valence electrons. The first kappa shape index (κ1) is 17.7. The van der Waals surface area contributed by atoms with Crippen molar-refractivity contribution in [3.05, 3.63) is 29.3 Å². The highest BCUT2D eigenvalue weighted by Gasteiger charge is 2.20. The Labute approximate surface area is 129 Å². The van der Waals surface area contributed by atoms with E-state index in [9.17, 15) is 14.4 Å². The van der Waals surface area contributed by atoms with E-state index in [0.29, 0.717) is 17.7 Å². The van der Waals surface area contributed by atoms with Gasteiger partial charge in [0.1, 0.15) is 6.04 Å². The quantitative estimate of drug-likeness (QED) is 0.720. The summed E-state index contributed by atoms with van der Waals surface area (Å²) in [5, 5.41) is 14.3. The monoisotopic (exact) mass is 306 g/mol. The number of rotatable bonds is 7. The summed E-state index contributed by atoms with van der Waals surface area (Å²) in [5.74, 6) is -1.74. The van der Waals surface area contributed by atoms with Gasteiger partial charge in [0, 0.05) is 18.2 Å². The molecule has 0 bridgehead atoms. The summed E-state index contributed by atoms with van der Waals surface area (Å²) in [6.45, 7) is 5.16. The lowest BCUT2D eigenvalue weighted by atomic mass is 10.1. The average Bonchev–Trinajstić information content (AvgIpc) is 2.44. The predicted molar refractivity (Wildman–Crippen MR) is 83.9 cm³/mol. The summed E-state index contributed by atoms with van der Waals surface area (Å²) < 4.78 is 0. The van der Waals surface area contributed by atoms with Crippen molar-refractivity contribution in [1.82, 2.24) is 5.32 Å². The van der Waals surface area contributed by atoms with Crippen LogP contribution in [0, 0.1) is 6.92 Å². The molecule has 0 aromatic heterocycles. The van der Waals surface area contributed by atoms with E-state index in [1.807, 2.05) is 13.8 Å². The molecule has 0 aliphatic heterocycles. The molecule has 0 saturated carbocycles. The Bertz CT molecular complexity index is 569. The van der Waals surface area contributed by atoms with Crippen LogP contribution in [-0.4, -0.2) is 28.9 Å². The maximum atomic E-state index is 12.2. The topological polar surface area (TPSA) is 95.5 Å². The summed E-state index contributed by atoms with van der Waals surface area (Å²) in [6, 6.07) is 3.96. The molecule has 1 rings (SSSR count). The minimum atomic E-state index is -1.05. The highest BCUT2D eigenvalue weighted by Crippen LogP contribution is 2.17. The zero-order valence-electron chi connectivity index (χ0n) is 13.1. The second kappa shape index (κ2) is 8.17. The van der Waals surface area contributed by atoms with E-state index in [1.54, 1.807) is 18.2 Å². The first-order valence-electron chi connectivity index (χ1n) is 7.27. The van der Waals surface area contributed by atoms with E-state index < -0.39 is 17.9 Å². The van der Waals surface area contributed by atoms with Gasteiger partial charge in [0.25, 0.3) is 5.91 Å². The number of amides is 2. The van der Waals surface area contributed by atoms with Crippen LogP contribution < -0.4 is 10.6 Å². The molecule has 3 N–H and O–H groups in total. The molecule has 2 amide bonds. The highest BCUT2D eigenvalue weighted by molar-refractivity contribution is 5.98. The molecule has 0 heterocycles. The van der Waals surface area contributed by atoms with Crippen LogP contribution in [0.2, 0.25) is 0 Å². The lowest BCUT2D eigenvalue weighted by Crippen LogP contribution is -2.40. The van der Waals surface area contributed by atoms with Crippen molar-refractivity contribution in [2.45, 2.75) is 46.1 Å². The van der Waals surface area contributed by atoms with E-state index in [-0.39, 0.29) is 5.91 Å². The summed E-state index contributed by atoms with van der Waals surface area (Å²) in [6.07, 6.45) is 1.97. The largest absolute Gasteiger partial charge is 0.480 e. The first-order chi connectivity index (χ1) is 10.3. The predicted octanol–water partition coefficient (Wildman–Crippen LogP) is 2.33. The van der Waals surface area contributed by atoms with Crippen LogP contribution in [-0.2, 0) is 9.59 Å². The summed E-state index contributed by atoms with van der Waals surface area (Å²) in [4.78, 5) is 34.5. The number of carbonyl (C=O) groups excluding carboxylic acids is 2. The molecule has 0 aliphatic carbocycles. The average molecular weight is 306 g/mol. The summed E-state index contributed by atoms with van der Waals surface area (Å²) in [5.41, 5.74) is 1.69. The molecule has 6 nitrogen and oxygen atoms in total. The van der Waals surface area contributed by atoms with Gasteiger partial charge in [-0.2, -0.15) is 0 Å². The van der Waals surface area contributed by atoms with Crippen LogP contribution in [0.5, 0.6) is 0 Å². The SMILES string of the molecule is CCCCC(NC(=O)c1ccc(C)c(NC(C)=O)c1)C(=O)O. The molecule has 6 heteroatoms. The van der Waals surface area contributed by atoms with Gasteiger partial charge in [0.15, 0.2) is 0 Å². The fraction of sp³-hybridized carbons (Fsp3) is 0.438. The number of aryl methyl sites for hydroxylation is 1. The van der Waals surface area contributed by atoms with Gasteiger partial charge in [-0.3, -0.25) is 9.59 Å². The number of unbranched alkanes of at least 4 members (excludes halogenated alkanes) is 1. The molecule has 1 aromatic rings. The van der Waals surface area contributed by atoms with E-state index in [0.717, 1.165) is 18.4 Å². The second-order valence-corrected chi connectivity index (χ2v) is 5.22. The number of hydrogen-bond donors (Lipinski definition) is 3.